The van der Waals surface area contributed by atoms with Gasteiger partial charge >= 0.3 is 0 Å². The number of nitrogens with two attached hydrogens (primary N) is 1. The first-order valence-electron chi connectivity index (χ1n) is 7.07. The molecular formula is C15H22ClN3OS. The van der Waals surface area contributed by atoms with Gasteiger partial charge in [-0.2, -0.15) is 11.8 Å². The first-order valence-corrected chi connectivity index (χ1v) is 8.43. The predicted molar refractivity (Wildman–Crippen MR) is 92.1 cm³/mol. The van der Waals surface area contributed by atoms with Crippen molar-refractivity contribution in [1.82, 2.24) is 4.90 Å². The largest absolute Gasteiger partial charge is 0.397 e. The first-order chi connectivity index (χ1) is 9.85. The Bertz CT molecular complexity index is 522. The van der Waals surface area contributed by atoms with Crippen LogP contribution in [0.15, 0.2) is 18.2 Å². The molecule has 0 bridgehead atoms. The molecule has 0 saturated carbocycles. The Hall–Kier alpha value is -0.910. The Morgan fingerprint density at radius 2 is 2.29 bits per heavy atom. The number of hydrogen-bond acceptors (Lipinski definition) is 4. The molecule has 1 saturated heterocycles. The van der Waals surface area contributed by atoms with Crippen molar-refractivity contribution in [2.75, 3.05) is 36.4 Å². The molecule has 1 heterocycles. The molecule has 1 aliphatic heterocycles. The molecule has 3 N–H and O–H groups in total. The molecule has 1 fully saturated rings. The maximum absolute atomic E-state index is 12.0. The first kappa shape index (κ1) is 16.5. The second-order valence-electron chi connectivity index (χ2n) is 5.91. The molecule has 0 aromatic heterocycles. The molecule has 1 aliphatic rings. The molecule has 2 rings (SSSR count). The standard InChI is InChI=1S/C15H22ClN3OS/c1-15(2)10-19(7-8-21-15)6-5-14(20)18-13-9-11(16)3-4-12(13)17/h3-4,9H,5-8,10,17H2,1-2H3,(H,18,20). The van der Waals surface area contributed by atoms with Crippen LogP contribution in [0, 0.1) is 0 Å². The molecule has 0 spiro atoms. The van der Waals surface area contributed by atoms with Crippen molar-refractivity contribution in [2.45, 2.75) is 25.0 Å². The van der Waals surface area contributed by atoms with E-state index in [2.05, 4.69) is 24.1 Å². The average molecular weight is 328 g/mol. The lowest BCUT2D eigenvalue weighted by Crippen LogP contribution is -2.44. The number of nitrogens with zero attached hydrogens (tertiary/aromatic N) is 1. The van der Waals surface area contributed by atoms with Crippen LogP contribution in [0.1, 0.15) is 20.3 Å². The minimum absolute atomic E-state index is 0.0278. The van der Waals surface area contributed by atoms with E-state index < -0.39 is 0 Å². The normalized spacial score (nSPS) is 18.4. The van der Waals surface area contributed by atoms with E-state index in [1.54, 1.807) is 18.2 Å². The van der Waals surface area contributed by atoms with Crippen molar-refractivity contribution in [3.63, 3.8) is 0 Å². The molecule has 4 nitrogen and oxygen atoms in total. The van der Waals surface area contributed by atoms with E-state index in [-0.39, 0.29) is 10.7 Å². The van der Waals surface area contributed by atoms with Crippen molar-refractivity contribution in [2.24, 2.45) is 0 Å². The van der Waals surface area contributed by atoms with E-state index in [1.807, 2.05) is 11.8 Å². The van der Waals surface area contributed by atoms with Crippen LogP contribution in [0.3, 0.4) is 0 Å². The average Bonchev–Trinajstić information content (AvgIpc) is 2.40. The van der Waals surface area contributed by atoms with Crippen LogP contribution in [-0.4, -0.2) is 40.9 Å². The van der Waals surface area contributed by atoms with Gasteiger partial charge in [0, 0.05) is 41.6 Å². The van der Waals surface area contributed by atoms with Gasteiger partial charge in [-0.3, -0.25) is 4.79 Å². The van der Waals surface area contributed by atoms with Crippen molar-refractivity contribution in [1.29, 1.82) is 0 Å². The molecule has 0 radical (unpaired) electrons. The van der Waals surface area contributed by atoms with Crippen LogP contribution in [0.25, 0.3) is 0 Å². The number of amides is 1. The van der Waals surface area contributed by atoms with Crippen molar-refractivity contribution in [3.05, 3.63) is 23.2 Å². The zero-order valence-corrected chi connectivity index (χ0v) is 14.1. The summed E-state index contributed by atoms with van der Waals surface area (Å²) in [7, 11) is 0. The quantitative estimate of drug-likeness (QED) is 0.834. The molecule has 1 aromatic rings. The Labute approximate surface area is 135 Å². The minimum Gasteiger partial charge on any atom is -0.397 e. The Morgan fingerprint density at radius 3 is 3.00 bits per heavy atom. The summed E-state index contributed by atoms with van der Waals surface area (Å²) in [6.45, 7) is 7.33. The second kappa shape index (κ2) is 6.90. The molecule has 1 amide bonds. The van der Waals surface area contributed by atoms with Gasteiger partial charge in [-0.15, -0.1) is 0 Å². The van der Waals surface area contributed by atoms with E-state index in [9.17, 15) is 4.79 Å². The summed E-state index contributed by atoms with van der Waals surface area (Å²) < 4.78 is 0.270. The summed E-state index contributed by atoms with van der Waals surface area (Å²) in [5.74, 6) is 1.09. The third-order valence-electron chi connectivity index (χ3n) is 3.45. The number of carbonyl (C=O) groups is 1. The zero-order chi connectivity index (χ0) is 15.5. The molecule has 21 heavy (non-hydrogen) atoms. The van der Waals surface area contributed by atoms with E-state index in [0.29, 0.717) is 22.8 Å². The summed E-state index contributed by atoms with van der Waals surface area (Å²) in [6.07, 6.45) is 0.465. The van der Waals surface area contributed by atoms with Crippen LogP contribution in [0.5, 0.6) is 0 Å². The number of hydrogen-bond donors (Lipinski definition) is 2. The van der Waals surface area contributed by atoms with Gasteiger partial charge in [0.05, 0.1) is 11.4 Å². The number of benzene rings is 1. The second-order valence-corrected chi connectivity index (χ2v) is 8.15. The highest BCUT2D eigenvalue weighted by Gasteiger charge is 2.26. The number of anilines is 2. The number of nitrogen functional groups attached to an aromatic ring is 1. The van der Waals surface area contributed by atoms with Crippen LogP contribution < -0.4 is 11.1 Å². The highest BCUT2D eigenvalue weighted by molar-refractivity contribution is 8.00. The smallest absolute Gasteiger partial charge is 0.225 e. The fraction of sp³-hybridized carbons (Fsp3) is 0.533. The molecular weight excluding hydrogens is 306 g/mol. The van der Waals surface area contributed by atoms with Gasteiger partial charge in [-0.1, -0.05) is 11.6 Å². The van der Waals surface area contributed by atoms with E-state index >= 15 is 0 Å². The van der Waals surface area contributed by atoms with Gasteiger partial charge in [-0.25, -0.2) is 0 Å². The van der Waals surface area contributed by atoms with Gasteiger partial charge in [0.15, 0.2) is 0 Å². The molecule has 1 aromatic carbocycles. The van der Waals surface area contributed by atoms with Gasteiger partial charge in [0.1, 0.15) is 0 Å². The summed E-state index contributed by atoms with van der Waals surface area (Å²) >= 11 is 7.90. The molecule has 0 unspecified atom stereocenters. The Morgan fingerprint density at radius 1 is 1.52 bits per heavy atom. The highest BCUT2D eigenvalue weighted by Crippen LogP contribution is 2.29. The molecule has 6 heteroatoms. The summed E-state index contributed by atoms with van der Waals surface area (Å²) in [6, 6.07) is 5.08. The Kier molecular flexibility index (Phi) is 5.41. The van der Waals surface area contributed by atoms with E-state index in [4.69, 9.17) is 17.3 Å². The fourth-order valence-electron chi connectivity index (χ4n) is 2.41. The third kappa shape index (κ3) is 5.09. The van der Waals surface area contributed by atoms with Crippen LogP contribution in [0.2, 0.25) is 5.02 Å². The van der Waals surface area contributed by atoms with Crippen LogP contribution >= 0.6 is 23.4 Å². The Balaban J connectivity index is 1.83. The van der Waals surface area contributed by atoms with Gasteiger partial charge in [-0.05, 0) is 32.0 Å². The van der Waals surface area contributed by atoms with Crippen molar-refractivity contribution >= 4 is 40.6 Å². The number of carbonyl (C=O) groups excluding carboxylic acids is 1. The monoisotopic (exact) mass is 327 g/mol. The van der Waals surface area contributed by atoms with Crippen molar-refractivity contribution in [3.8, 4) is 0 Å². The molecule has 0 atom stereocenters. The maximum atomic E-state index is 12.0. The van der Waals surface area contributed by atoms with Gasteiger partial charge < -0.3 is 16.0 Å². The summed E-state index contributed by atoms with van der Waals surface area (Å²) in [5.41, 5.74) is 6.94. The number of halogens is 1. The summed E-state index contributed by atoms with van der Waals surface area (Å²) in [4.78, 5) is 14.4. The lowest BCUT2D eigenvalue weighted by atomic mass is 10.2. The van der Waals surface area contributed by atoms with Crippen LogP contribution in [-0.2, 0) is 4.79 Å². The third-order valence-corrected chi connectivity index (χ3v) is 4.98. The lowest BCUT2D eigenvalue weighted by Gasteiger charge is -2.37. The van der Waals surface area contributed by atoms with Crippen molar-refractivity contribution < 1.29 is 4.79 Å². The number of nitrogens with one attached hydrogen (secondary N) is 1. The van der Waals surface area contributed by atoms with Gasteiger partial charge in [0.2, 0.25) is 5.91 Å². The van der Waals surface area contributed by atoms with Gasteiger partial charge in [0.25, 0.3) is 0 Å². The number of thioether (sulfide) groups is 1. The van der Waals surface area contributed by atoms with E-state index in [0.717, 1.165) is 25.4 Å². The zero-order valence-electron chi connectivity index (χ0n) is 12.5. The maximum Gasteiger partial charge on any atom is 0.225 e. The molecule has 0 aliphatic carbocycles. The lowest BCUT2D eigenvalue weighted by molar-refractivity contribution is -0.116. The minimum atomic E-state index is -0.0278. The predicted octanol–water partition coefficient (Wildman–Crippen LogP) is 3.08. The van der Waals surface area contributed by atoms with E-state index in [1.165, 1.54) is 0 Å². The molecule has 116 valence electrons. The summed E-state index contributed by atoms with van der Waals surface area (Å²) in [5, 5.41) is 3.40. The SMILES string of the molecule is CC1(C)CN(CCC(=O)Nc2cc(Cl)ccc2N)CCS1. The number of rotatable bonds is 4. The highest BCUT2D eigenvalue weighted by atomic mass is 35.5. The topological polar surface area (TPSA) is 58.4 Å². The fourth-order valence-corrected chi connectivity index (χ4v) is 3.76. The van der Waals surface area contributed by atoms with Crippen LogP contribution in [0.4, 0.5) is 11.4 Å².